The summed E-state index contributed by atoms with van der Waals surface area (Å²) in [4.78, 5) is 16.1. The molecule has 1 atom stereocenters. The lowest BCUT2D eigenvalue weighted by molar-refractivity contribution is 0.0951. The van der Waals surface area contributed by atoms with Crippen molar-refractivity contribution < 1.29 is 4.79 Å². The van der Waals surface area contributed by atoms with Crippen LogP contribution >= 0.6 is 11.3 Å². The van der Waals surface area contributed by atoms with Gasteiger partial charge in [-0.2, -0.15) is 0 Å². The Balaban J connectivity index is 1.54. The molecule has 26 heavy (non-hydrogen) atoms. The second-order valence-corrected chi connectivity index (χ2v) is 8.07. The number of hydrogen-bond acceptors (Lipinski definition) is 5. The fraction of sp³-hybridized carbons (Fsp3) is 0.421. The van der Waals surface area contributed by atoms with Gasteiger partial charge in [0.1, 0.15) is 5.82 Å². The Kier molecular flexibility index (Phi) is 4.74. The van der Waals surface area contributed by atoms with Gasteiger partial charge >= 0.3 is 0 Å². The van der Waals surface area contributed by atoms with Crippen LogP contribution in [0.4, 0.5) is 0 Å². The second kappa shape index (κ2) is 7.17. The number of carbonyl (C=O) groups excluding carboxylic acids is 1. The SMILES string of the molecule is CC(C)N1CCC(c2nnc3ccc(C(=O)NCc4cccs4)cn23)C1. The van der Waals surface area contributed by atoms with Gasteiger partial charge in [-0.15, -0.1) is 21.5 Å². The van der Waals surface area contributed by atoms with Crippen molar-refractivity contribution in [2.75, 3.05) is 13.1 Å². The van der Waals surface area contributed by atoms with Gasteiger partial charge in [-0.25, -0.2) is 0 Å². The summed E-state index contributed by atoms with van der Waals surface area (Å²) in [6.45, 7) is 7.07. The number of rotatable bonds is 5. The fourth-order valence-electron chi connectivity index (χ4n) is 3.47. The molecule has 0 aliphatic carbocycles. The molecule has 1 saturated heterocycles. The molecule has 0 aromatic carbocycles. The molecule has 0 radical (unpaired) electrons. The summed E-state index contributed by atoms with van der Waals surface area (Å²) in [6.07, 6.45) is 2.94. The van der Waals surface area contributed by atoms with Gasteiger partial charge in [-0.05, 0) is 50.4 Å². The first-order chi connectivity index (χ1) is 12.6. The molecule has 4 heterocycles. The average molecular weight is 369 g/mol. The Hall–Kier alpha value is -2.25. The number of pyridine rings is 1. The largest absolute Gasteiger partial charge is 0.347 e. The van der Waals surface area contributed by atoms with Crippen molar-refractivity contribution in [1.82, 2.24) is 24.8 Å². The molecule has 7 heteroatoms. The predicted octanol–water partition coefficient (Wildman–Crippen LogP) is 2.92. The molecule has 136 valence electrons. The molecule has 1 fully saturated rings. The van der Waals surface area contributed by atoms with E-state index in [1.54, 1.807) is 11.3 Å². The van der Waals surface area contributed by atoms with Gasteiger partial charge in [-0.1, -0.05) is 6.07 Å². The van der Waals surface area contributed by atoms with Gasteiger partial charge in [0.25, 0.3) is 5.91 Å². The van der Waals surface area contributed by atoms with Crippen molar-refractivity contribution in [3.8, 4) is 0 Å². The summed E-state index contributed by atoms with van der Waals surface area (Å²) in [5, 5.41) is 13.7. The second-order valence-electron chi connectivity index (χ2n) is 7.04. The van der Waals surface area contributed by atoms with Crippen LogP contribution in [-0.2, 0) is 6.54 Å². The van der Waals surface area contributed by atoms with Gasteiger partial charge in [-0.3, -0.25) is 9.20 Å². The van der Waals surface area contributed by atoms with Crippen molar-refractivity contribution in [2.24, 2.45) is 0 Å². The van der Waals surface area contributed by atoms with E-state index in [0.717, 1.165) is 35.9 Å². The quantitative estimate of drug-likeness (QED) is 0.751. The maximum atomic E-state index is 12.5. The van der Waals surface area contributed by atoms with E-state index in [0.29, 0.717) is 24.1 Å². The Bertz CT molecular complexity index is 902. The first-order valence-electron chi connectivity index (χ1n) is 9.01. The highest BCUT2D eigenvalue weighted by Crippen LogP contribution is 2.27. The molecule has 1 unspecified atom stereocenters. The summed E-state index contributed by atoms with van der Waals surface area (Å²) in [7, 11) is 0. The average Bonchev–Trinajstić information content (AvgIpc) is 3.38. The van der Waals surface area contributed by atoms with E-state index in [-0.39, 0.29) is 5.91 Å². The lowest BCUT2D eigenvalue weighted by Crippen LogP contribution is -2.28. The third-order valence-electron chi connectivity index (χ3n) is 5.01. The molecule has 0 saturated carbocycles. The van der Waals surface area contributed by atoms with Gasteiger partial charge in [0, 0.05) is 29.6 Å². The fourth-order valence-corrected chi connectivity index (χ4v) is 4.12. The highest BCUT2D eigenvalue weighted by molar-refractivity contribution is 7.09. The van der Waals surface area contributed by atoms with Crippen molar-refractivity contribution in [3.63, 3.8) is 0 Å². The zero-order valence-electron chi connectivity index (χ0n) is 15.1. The maximum absolute atomic E-state index is 12.5. The van der Waals surface area contributed by atoms with E-state index in [2.05, 4.69) is 34.3 Å². The molecular formula is C19H23N5OS. The number of amides is 1. The molecule has 3 aromatic rings. The van der Waals surface area contributed by atoms with E-state index in [1.165, 1.54) is 0 Å². The number of thiophene rings is 1. The summed E-state index contributed by atoms with van der Waals surface area (Å²) >= 11 is 1.64. The highest BCUT2D eigenvalue weighted by atomic mass is 32.1. The smallest absolute Gasteiger partial charge is 0.253 e. The monoisotopic (exact) mass is 369 g/mol. The summed E-state index contributed by atoms with van der Waals surface area (Å²) in [5.41, 5.74) is 1.42. The minimum Gasteiger partial charge on any atom is -0.347 e. The van der Waals surface area contributed by atoms with Crippen LogP contribution in [0.25, 0.3) is 5.65 Å². The van der Waals surface area contributed by atoms with Crippen molar-refractivity contribution in [3.05, 3.63) is 52.1 Å². The van der Waals surface area contributed by atoms with E-state index >= 15 is 0 Å². The minimum absolute atomic E-state index is 0.0739. The van der Waals surface area contributed by atoms with Crippen molar-refractivity contribution in [1.29, 1.82) is 0 Å². The zero-order valence-corrected chi connectivity index (χ0v) is 15.9. The molecule has 1 N–H and O–H groups in total. The van der Waals surface area contributed by atoms with Gasteiger partial charge in [0.05, 0.1) is 12.1 Å². The Morgan fingerprint density at radius 1 is 1.35 bits per heavy atom. The summed E-state index contributed by atoms with van der Waals surface area (Å²) in [6, 6.07) is 8.23. The number of carbonyl (C=O) groups is 1. The zero-order chi connectivity index (χ0) is 18.1. The molecule has 3 aromatic heterocycles. The maximum Gasteiger partial charge on any atom is 0.253 e. The molecule has 0 spiro atoms. The van der Waals surface area contributed by atoms with E-state index in [1.807, 2.05) is 40.2 Å². The van der Waals surface area contributed by atoms with Crippen LogP contribution < -0.4 is 5.32 Å². The number of nitrogens with one attached hydrogen (secondary N) is 1. The third kappa shape index (κ3) is 3.37. The predicted molar refractivity (Wildman–Crippen MR) is 103 cm³/mol. The van der Waals surface area contributed by atoms with Gasteiger partial charge in [0.2, 0.25) is 0 Å². The molecular weight excluding hydrogens is 346 g/mol. The first-order valence-corrected chi connectivity index (χ1v) is 9.89. The summed E-state index contributed by atoms with van der Waals surface area (Å²) in [5.74, 6) is 1.24. The van der Waals surface area contributed by atoms with Crippen molar-refractivity contribution in [2.45, 2.75) is 38.8 Å². The number of likely N-dealkylation sites (tertiary alicyclic amines) is 1. The molecule has 0 bridgehead atoms. The van der Waals surface area contributed by atoms with Crippen LogP contribution in [0.2, 0.25) is 0 Å². The molecule has 4 rings (SSSR count). The van der Waals surface area contributed by atoms with Crippen LogP contribution in [0.15, 0.2) is 35.8 Å². The van der Waals surface area contributed by atoms with Gasteiger partial charge in [0.15, 0.2) is 5.65 Å². The first kappa shape index (κ1) is 17.2. The van der Waals surface area contributed by atoms with E-state index in [9.17, 15) is 4.79 Å². The van der Waals surface area contributed by atoms with Crippen LogP contribution in [0.1, 0.15) is 47.2 Å². The topological polar surface area (TPSA) is 62.5 Å². The minimum atomic E-state index is -0.0739. The molecule has 6 nitrogen and oxygen atoms in total. The van der Waals surface area contributed by atoms with Crippen molar-refractivity contribution >= 4 is 22.9 Å². The molecule has 1 aliphatic rings. The number of fused-ring (bicyclic) bond motifs is 1. The Labute approximate surface area is 156 Å². The summed E-state index contributed by atoms with van der Waals surface area (Å²) < 4.78 is 1.98. The van der Waals surface area contributed by atoms with Gasteiger partial charge < -0.3 is 10.2 Å². The van der Waals surface area contributed by atoms with Crippen LogP contribution in [0, 0.1) is 0 Å². The standard InChI is InChI=1S/C19H23N5OS/c1-13(2)23-8-7-14(11-23)18-22-21-17-6-5-15(12-24(17)18)19(25)20-10-16-4-3-9-26-16/h3-6,9,12-14H,7-8,10-11H2,1-2H3,(H,20,25). The van der Waals surface area contributed by atoms with Crippen LogP contribution in [0.3, 0.4) is 0 Å². The normalized spacial score (nSPS) is 18.0. The Morgan fingerprint density at radius 2 is 2.23 bits per heavy atom. The Morgan fingerprint density at radius 3 is 2.96 bits per heavy atom. The third-order valence-corrected chi connectivity index (χ3v) is 5.89. The lowest BCUT2D eigenvalue weighted by atomic mass is 10.1. The van der Waals surface area contributed by atoms with Crippen LogP contribution in [-0.4, -0.2) is 44.5 Å². The molecule has 1 amide bonds. The molecule has 1 aliphatic heterocycles. The highest BCUT2D eigenvalue weighted by Gasteiger charge is 2.29. The number of hydrogen-bond donors (Lipinski definition) is 1. The van der Waals surface area contributed by atoms with E-state index in [4.69, 9.17) is 0 Å². The number of nitrogens with zero attached hydrogens (tertiary/aromatic N) is 4. The lowest BCUT2D eigenvalue weighted by Gasteiger charge is -2.19. The number of aromatic nitrogens is 3. The van der Waals surface area contributed by atoms with E-state index < -0.39 is 0 Å². The van der Waals surface area contributed by atoms with Crippen LogP contribution in [0.5, 0.6) is 0 Å².